The number of nitrogens with one attached hydrogen (secondary N) is 1. The zero-order chi connectivity index (χ0) is 16.2. The molecule has 0 amide bonds. The number of hydrogen-bond donors (Lipinski definition) is 1. The van der Waals surface area contributed by atoms with Gasteiger partial charge in [-0.3, -0.25) is 10.3 Å². The normalized spacial score (nSPS) is 10.7. The lowest BCUT2D eigenvalue weighted by molar-refractivity contribution is 0.268. The fourth-order valence-electron chi connectivity index (χ4n) is 2.11. The van der Waals surface area contributed by atoms with E-state index >= 15 is 0 Å². The minimum atomic E-state index is -0.537. The van der Waals surface area contributed by atoms with Crippen molar-refractivity contribution < 1.29 is 13.8 Å². The molecule has 0 spiro atoms. The third-order valence-corrected chi connectivity index (χ3v) is 3.49. The summed E-state index contributed by atoms with van der Waals surface area (Å²) in [6.45, 7) is 0. The van der Waals surface area contributed by atoms with Crippen LogP contribution in [-0.4, -0.2) is 17.3 Å². The molecule has 7 heteroatoms. The van der Waals surface area contributed by atoms with Crippen LogP contribution in [-0.2, 0) is 11.3 Å². The number of aromatic nitrogens is 2. The highest BCUT2D eigenvalue weighted by Crippen LogP contribution is 2.31. The van der Waals surface area contributed by atoms with Gasteiger partial charge in [-0.1, -0.05) is 47.1 Å². The first-order valence-electron chi connectivity index (χ1n) is 6.82. The van der Waals surface area contributed by atoms with Gasteiger partial charge in [0.2, 0.25) is 0 Å². The van der Waals surface area contributed by atoms with E-state index < -0.39 is 5.82 Å². The van der Waals surface area contributed by atoms with Crippen molar-refractivity contribution in [2.45, 2.75) is 6.42 Å². The summed E-state index contributed by atoms with van der Waals surface area (Å²) >= 11 is 6.07. The minimum Gasteiger partial charge on any atom is -0.334 e. The molecule has 2 aromatic carbocycles. The predicted molar refractivity (Wildman–Crippen MR) is 84.6 cm³/mol. The Hall–Kier alpha value is -2.44. The van der Waals surface area contributed by atoms with Crippen LogP contribution in [0.2, 0.25) is 5.02 Å². The van der Waals surface area contributed by atoms with Gasteiger partial charge in [-0.05, 0) is 17.7 Å². The highest BCUT2D eigenvalue weighted by Gasteiger charge is 2.16. The van der Waals surface area contributed by atoms with Crippen LogP contribution in [0.1, 0.15) is 11.4 Å². The van der Waals surface area contributed by atoms with E-state index in [0.717, 1.165) is 5.56 Å². The number of rotatable bonds is 5. The molecule has 3 rings (SSSR count). The Morgan fingerprint density at radius 3 is 2.78 bits per heavy atom. The molecule has 0 atom stereocenters. The molecular weight excluding hydrogens is 321 g/mol. The Bertz CT molecular complexity index is 808. The smallest absolute Gasteiger partial charge is 0.259 e. The van der Waals surface area contributed by atoms with Crippen LogP contribution in [0.5, 0.6) is 0 Å². The molecule has 3 aromatic rings. The topological polar surface area (TPSA) is 60.2 Å². The van der Waals surface area contributed by atoms with E-state index in [-0.39, 0.29) is 16.6 Å². The third kappa shape index (κ3) is 3.49. The average molecular weight is 334 g/mol. The van der Waals surface area contributed by atoms with Gasteiger partial charge < -0.3 is 4.52 Å². The second-order valence-corrected chi connectivity index (χ2v) is 5.20. The molecule has 0 unspecified atom stereocenters. The summed E-state index contributed by atoms with van der Waals surface area (Å²) in [4.78, 5) is 9.04. The first-order chi connectivity index (χ1) is 11.2. The summed E-state index contributed by atoms with van der Waals surface area (Å²) in [6, 6.07) is 12.4. The highest BCUT2D eigenvalue weighted by molar-refractivity contribution is 6.33. The summed E-state index contributed by atoms with van der Waals surface area (Å²) < 4.78 is 19.0. The van der Waals surface area contributed by atoms with Gasteiger partial charge in [0.05, 0.1) is 23.4 Å². The molecule has 0 aliphatic heterocycles. The standard InChI is InChI=1S/C16H13ClFN3O2/c1-22-20-14-8-11(12(17)9-13(14)18)16-19-15(21-23-16)7-10-5-3-2-4-6-10/h2-6,8-9,20H,7H2,1H3. The fourth-order valence-corrected chi connectivity index (χ4v) is 2.35. The van der Waals surface area contributed by atoms with Crippen molar-refractivity contribution >= 4 is 17.3 Å². The Morgan fingerprint density at radius 2 is 2.04 bits per heavy atom. The molecule has 0 aliphatic rings. The summed E-state index contributed by atoms with van der Waals surface area (Å²) in [5, 5.41) is 4.12. The molecule has 0 saturated carbocycles. The van der Waals surface area contributed by atoms with Gasteiger partial charge in [-0.25, -0.2) is 4.39 Å². The summed E-state index contributed by atoms with van der Waals surface area (Å²) in [6.07, 6.45) is 0.534. The number of hydrogen-bond acceptors (Lipinski definition) is 5. The van der Waals surface area contributed by atoms with E-state index in [9.17, 15) is 4.39 Å². The van der Waals surface area contributed by atoms with E-state index in [4.69, 9.17) is 21.0 Å². The Labute approximate surface area is 137 Å². The van der Waals surface area contributed by atoms with E-state index in [2.05, 4.69) is 15.6 Å². The Morgan fingerprint density at radius 1 is 1.26 bits per heavy atom. The van der Waals surface area contributed by atoms with Gasteiger partial charge >= 0.3 is 0 Å². The molecule has 0 saturated heterocycles. The molecule has 1 N–H and O–H groups in total. The average Bonchev–Trinajstić information content (AvgIpc) is 2.99. The fraction of sp³-hybridized carbons (Fsp3) is 0.125. The summed E-state index contributed by atoms with van der Waals surface area (Å²) in [5.41, 5.74) is 4.06. The van der Waals surface area contributed by atoms with Crippen LogP contribution < -0.4 is 5.48 Å². The van der Waals surface area contributed by atoms with Crippen LogP contribution in [0.3, 0.4) is 0 Å². The van der Waals surface area contributed by atoms with Crippen LogP contribution >= 0.6 is 11.6 Å². The van der Waals surface area contributed by atoms with Gasteiger partial charge in [0.25, 0.3) is 5.89 Å². The molecule has 1 aromatic heterocycles. The number of benzene rings is 2. The monoisotopic (exact) mass is 333 g/mol. The van der Waals surface area contributed by atoms with Crippen molar-refractivity contribution in [2.24, 2.45) is 0 Å². The second kappa shape index (κ2) is 6.76. The van der Waals surface area contributed by atoms with Crippen LogP contribution in [0, 0.1) is 5.82 Å². The van der Waals surface area contributed by atoms with Crippen molar-refractivity contribution in [2.75, 3.05) is 12.6 Å². The van der Waals surface area contributed by atoms with E-state index in [1.807, 2.05) is 30.3 Å². The zero-order valence-electron chi connectivity index (χ0n) is 12.2. The van der Waals surface area contributed by atoms with E-state index in [0.29, 0.717) is 17.8 Å². The second-order valence-electron chi connectivity index (χ2n) is 4.80. The zero-order valence-corrected chi connectivity index (χ0v) is 13.0. The SMILES string of the molecule is CONc1cc(-c2nc(Cc3ccccc3)no2)c(Cl)cc1F. The molecule has 0 aliphatic carbocycles. The molecular formula is C16H13ClFN3O2. The summed E-state index contributed by atoms with van der Waals surface area (Å²) in [7, 11) is 1.39. The van der Waals surface area contributed by atoms with Crippen molar-refractivity contribution in [1.82, 2.24) is 10.1 Å². The Kier molecular flexibility index (Phi) is 4.55. The Balaban J connectivity index is 1.89. The number of halogens is 2. The summed E-state index contributed by atoms with van der Waals surface area (Å²) in [5.74, 6) is 0.206. The first kappa shape index (κ1) is 15.5. The van der Waals surface area contributed by atoms with Crippen molar-refractivity contribution in [3.63, 3.8) is 0 Å². The van der Waals surface area contributed by atoms with Crippen molar-refractivity contribution in [1.29, 1.82) is 0 Å². The van der Waals surface area contributed by atoms with Crippen LogP contribution in [0.25, 0.3) is 11.5 Å². The van der Waals surface area contributed by atoms with Gasteiger partial charge in [-0.2, -0.15) is 4.98 Å². The van der Waals surface area contributed by atoms with Gasteiger partial charge in [0, 0.05) is 6.42 Å². The van der Waals surface area contributed by atoms with E-state index in [1.54, 1.807) is 0 Å². The number of anilines is 1. The van der Waals surface area contributed by atoms with Gasteiger partial charge in [0.15, 0.2) is 5.82 Å². The maximum atomic E-state index is 13.7. The quantitative estimate of drug-likeness (QED) is 0.712. The molecule has 118 valence electrons. The van der Waals surface area contributed by atoms with Crippen LogP contribution in [0.4, 0.5) is 10.1 Å². The molecule has 1 heterocycles. The maximum absolute atomic E-state index is 13.7. The largest absolute Gasteiger partial charge is 0.334 e. The lowest BCUT2D eigenvalue weighted by Gasteiger charge is -2.07. The lowest BCUT2D eigenvalue weighted by Crippen LogP contribution is -1.99. The lowest BCUT2D eigenvalue weighted by atomic mass is 10.1. The maximum Gasteiger partial charge on any atom is 0.259 e. The van der Waals surface area contributed by atoms with Gasteiger partial charge in [-0.15, -0.1) is 0 Å². The molecule has 0 bridgehead atoms. The van der Waals surface area contributed by atoms with Gasteiger partial charge in [0.1, 0.15) is 5.82 Å². The molecule has 0 fully saturated rings. The molecule has 23 heavy (non-hydrogen) atoms. The third-order valence-electron chi connectivity index (χ3n) is 3.17. The van der Waals surface area contributed by atoms with Crippen molar-refractivity contribution in [3.8, 4) is 11.5 Å². The first-order valence-corrected chi connectivity index (χ1v) is 7.20. The number of nitrogens with zero attached hydrogens (tertiary/aromatic N) is 2. The molecule has 0 radical (unpaired) electrons. The van der Waals surface area contributed by atoms with Crippen molar-refractivity contribution in [3.05, 3.63) is 64.7 Å². The minimum absolute atomic E-state index is 0.134. The highest BCUT2D eigenvalue weighted by atomic mass is 35.5. The van der Waals surface area contributed by atoms with E-state index in [1.165, 1.54) is 19.2 Å². The molecule has 5 nitrogen and oxygen atoms in total. The predicted octanol–water partition coefficient (Wildman–Crippen LogP) is 4.09. The van der Waals surface area contributed by atoms with Crippen LogP contribution in [0.15, 0.2) is 47.0 Å².